The number of rotatable bonds is 5. The molecule has 0 bridgehead atoms. The zero-order valence-corrected chi connectivity index (χ0v) is 13.6. The highest BCUT2D eigenvalue weighted by atomic mass is 35.5. The first-order chi connectivity index (χ1) is 9.60. The summed E-state index contributed by atoms with van der Waals surface area (Å²) in [5.41, 5.74) is 6.85. The number of nitrogens with one attached hydrogen (secondary N) is 1. The zero-order valence-electron chi connectivity index (χ0n) is 12.8. The first-order valence-corrected chi connectivity index (χ1v) is 7.38. The second kappa shape index (κ2) is 8.37. The van der Waals surface area contributed by atoms with Crippen molar-refractivity contribution in [3.63, 3.8) is 0 Å². The highest BCUT2D eigenvalue weighted by Crippen LogP contribution is 2.21. The third-order valence-electron chi connectivity index (χ3n) is 4.15. The van der Waals surface area contributed by atoms with Gasteiger partial charge in [-0.15, -0.1) is 12.4 Å². The summed E-state index contributed by atoms with van der Waals surface area (Å²) in [5, 5.41) is 3.06. The molecule has 1 aromatic rings. The molecule has 1 aliphatic heterocycles. The molecule has 1 amide bonds. The summed E-state index contributed by atoms with van der Waals surface area (Å²) in [6, 6.07) is 10.5. The average Bonchev–Trinajstić information content (AvgIpc) is 2.80. The molecule has 0 spiro atoms. The zero-order chi connectivity index (χ0) is 14.5. The average molecular weight is 312 g/mol. The van der Waals surface area contributed by atoms with Crippen LogP contribution in [-0.4, -0.2) is 36.5 Å². The van der Waals surface area contributed by atoms with Crippen molar-refractivity contribution in [3.8, 4) is 0 Å². The minimum atomic E-state index is 0. The SMILES string of the molecule is CC(NC(=O)CN1CC(CN)CC1C)c1ccccc1.Cl. The molecule has 1 aliphatic rings. The van der Waals surface area contributed by atoms with E-state index in [2.05, 4.69) is 17.1 Å². The summed E-state index contributed by atoms with van der Waals surface area (Å²) in [6.07, 6.45) is 1.10. The molecule has 3 atom stereocenters. The van der Waals surface area contributed by atoms with Gasteiger partial charge < -0.3 is 11.1 Å². The van der Waals surface area contributed by atoms with Gasteiger partial charge in [0.05, 0.1) is 12.6 Å². The van der Waals surface area contributed by atoms with Crippen molar-refractivity contribution in [1.82, 2.24) is 10.2 Å². The van der Waals surface area contributed by atoms with Crippen LogP contribution in [-0.2, 0) is 4.79 Å². The quantitative estimate of drug-likeness (QED) is 0.874. The third-order valence-corrected chi connectivity index (χ3v) is 4.15. The van der Waals surface area contributed by atoms with Gasteiger partial charge in [-0.2, -0.15) is 0 Å². The standard InChI is InChI=1S/C16H25N3O.ClH/c1-12-8-14(9-17)10-19(12)11-16(20)18-13(2)15-6-4-3-5-7-15;/h3-7,12-14H,8-11,17H2,1-2H3,(H,18,20);1H. The number of halogens is 1. The van der Waals surface area contributed by atoms with E-state index in [0.29, 0.717) is 25.0 Å². The van der Waals surface area contributed by atoms with Crippen LogP contribution in [0.3, 0.4) is 0 Å². The first-order valence-electron chi connectivity index (χ1n) is 7.38. The van der Waals surface area contributed by atoms with Gasteiger partial charge >= 0.3 is 0 Å². The molecule has 3 N–H and O–H groups in total. The molecule has 5 heteroatoms. The van der Waals surface area contributed by atoms with Crippen LogP contribution in [0.2, 0.25) is 0 Å². The first kappa shape index (κ1) is 18.0. The van der Waals surface area contributed by atoms with Gasteiger partial charge in [0.15, 0.2) is 0 Å². The van der Waals surface area contributed by atoms with E-state index >= 15 is 0 Å². The summed E-state index contributed by atoms with van der Waals surface area (Å²) in [4.78, 5) is 14.4. The van der Waals surface area contributed by atoms with Crippen molar-refractivity contribution in [3.05, 3.63) is 35.9 Å². The topological polar surface area (TPSA) is 58.4 Å². The number of nitrogens with two attached hydrogens (primary N) is 1. The van der Waals surface area contributed by atoms with E-state index in [1.54, 1.807) is 0 Å². The molecule has 2 rings (SSSR count). The van der Waals surface area contributed by atoms with Gasteiger partial charge in [0.2, 0.25) is 5.91 Å². The van der Waals surface area contributed by atoms with Gasteiger partial charge in [-0.05, 0) is 38.3 Å². The van der Waals surface area contributed by atoms with Crippen LogP contribution in [0.1, 0.15) is 31.9 Å². The molecule has 0 aromatic heterocycles. The van der Waals surface area contributed by atoms with Gasteiger partial charge in [-0.3, -0.25) is 9.69 Å². The summed E-state index contributed by atoms with van der Waals surface area (Å²) in [5.74, 6) is 0.621. The normalized spacial score (nSPS) is 23.4. The van der Waals surface area contributed by atoms with Crippen LogP contribution in [0, 0.1) is 5.92 Å². The molecule has 1 saturated heterocycles. The molecule has 1 fully saturated rings. The molecule has 1 aromatic carbocycles. The Morgan fingerprint density at radius 1 is 1.43 bits per heavy atom. The third kappa shape index (κ3) is 4.99. The van der Waals surface area contributed by atoms with Crippen LogP contribution in [0.4, 0.5) is 0 Å². The molecule has 118 valence electrons. The van der Waals surface area contributed by atoms with Gasteiger partial charge in [-0.1, -0.05) is 30.3 Å². The lowest BCUT2D eigenvalue weighted by Crippen LogP contribution is -2.40. The Labute approximate surface area is 133 Å². The maximum atomic E-state index is 12.1. The molecular weight excluding hydrogens is 286 g/mol. The predicted molar refractivity (Wildman–Crippen MR) is 88.4 cm³/mol. The fourth-order valence-corrected chi connectivity index (χ4v) is 2.91. The molecule has 3 unspecified atom stereocenters. The highest BCUT2D eigenvalue weighted by Gasteiger charge is 2.29. The van der Waals surface area contributed by atoms with Crippen molar-refractivity contribution < 1.29 is 4.79 Å². The number of hydrogen-bond acceptors (Lipinski definition) is 3. The van der Waals surface area contributed by atoms with Crippen molar-refractivity contribution in [2.75, 3.05) is 19.6 Å². The summed E-state index contributed by atoms with van der Waals surface area (Å²) in [7, 11) is 0. The van der Waals surface area contributed by atoms with E-state index in [4.69, 9.17) is 5.73 Å². The van der Waals surface area contributed by atoms with Crippen LogP contribution in [0.5, 0.6) is 0 Å². The van der Waals surface area contributed by atoms with Gasteiger partial charge in [-0.25, -0.2) is 0 Å². The molecule has 0 aliphatic carbocycles. The lowest BCUT2D eigenvalue weighted by Gasteiger charge is -2.22. The fraction of sp³-hybridized carbons (Fsp3) is 0.562. The van der Waals surface area contributed by atoms with Crippen LogP contribution in [0.15, 0.2) is 30.3 Å². The molecule has 21 heavy (non-hydrogen) atoms. The Hall–Kier alpha value is -1.10. The number of nitrogens with zero attached hydrogens (tertiary/aromatic N) is 1. The number of carbonyl (C=O) groups is 1. The minimum Gasteiger partial charge on any atom is -0.348 e. The Morgan fingerprint density at radius 3 is 2.67 bits per heavy atom. The molecule has 4 nitrogen and oxygen atoms in total. The number of amides is 1. The Kier molecular flexibility index (Phi) is 7.15. The summed E-state index contributed by atoms with van der Waals surface area (Å²) in [6.45, 7) is 6.30. The lowest BCUT2D eigenvalue weighted by atomic mass is 10.1. The van der Waals surface area contributed by atoms with E-state index < -0.39 is 0 Å². The minimum absolute atomic E-state index is 0. The van der Waals surface area contributed by atoms with Gasteiger partial charge in [0.1, 0.15) is 0 Å². The van der Waals surface area contributed by atoms with Crippen molar-refractivity contribution in [2.24, 2.45) is 11.7 Å². The van der Waals surface area contributed by atoms with E-state index in [1.807, 2.05) is 37.3 Å². The highest BCUT2D eigenvalue weighted by molar-refractivity contribution is 5.85. The monoisotopic (exact) mass is 311 g/mol. The Morgan fingerprint density at radius 2 is 2.10 bits per heavy atom. The number of likely N-dealkylation sites (tertiary alicyclic amines) is 1. The van der Waals surface area contributed by atoms with Crippen LogP contribution >= 0.6 is 12.4 Å². The van der Waals surface area contributed by atoms with Crippen molar-refractivity contribution in [2.45, 2.75) is 32.4 Å². The fourth-order valence-electron chi connectivity index (χ4n) is 2.91. The van der Waals surface area contributed by atoms with E-state index in [1.165, 1.54) is 0 Å². The van der Waals surface area contributed by atoms with Crippen molar-refractivity contribution >= 4 is 18.3 Å². The summed E-state index contributed by atoms with van der Waals surface area (Å²) < 4.78 is 0. The number of hydrogen-bond donors (Lipinski definition) is 2. The van der Waals surface area contributed by atoms with E-state index in [9.17, 15) is 4.79 Å². The van der Waals surface area contributed by atoms with Crippen LogP contribution < -0.4 is 11.1 Å². The second-order valence-electron chi connectivity index (χ2n) is 5.82. The van der Waals surface area contributed by atoms with E-state index in [0.717, 1.165) is 18.5 Å². The maximum Gasteiger partial charge on any atom is 0.234 e. The Bertz CT molecular complexity index is 440. The maximum absolute atomic E-state index is 12.1. The second-order valence-corrected chi connectivity index (χ2v) is 5.82. The smallest absolute Gasteiger partial charge is 0.234 e. The van der Waals surface area contributed by atoms with Gasteiger partial charge in [0.25, 0.3) is 0 Å². The molecule has 0 saturated carbocycles. The largest absolute Gasteiger partial charge is 0.348 e. The van der Waals surface area contributed by atoms with E-state index in [-0.39, 0.29) is 24.4 Å². The lowest BCUT2D eigenvalue weighted by molar-refractivity contribution is -0.123. The van der Waals surface area contributed by atoms with Crippen molar-refractivity contribution in [1.29, 1.82) is 0 Å². The molecular formula is C16H26ClN3O. The molecule has 1 heterocycles. The van der Waals surface area contributed by atoms with Gasteiger partial charge in [0, 0.05) is 12.6 Å². The number of carbonyl (C=O) groups excluding carboxylic acids is 1. The summed E-state index contributed by atoms with van der Waals surface area (Å²) >= 11 is 0. The van der Waals surface area contributed by atoms with Crippen LogP contribution in [0.25, 0.3) is 0 Å². The molecule has 0 radical (unpaired) electrons. The predicted octanol–water partition coefficient (Wildman–Crippen LogP) is 1.95. The Balaban J connectivity index is 0.00000220. The number of benzene rings is 1.